The smallest absolute Gasteiger partial charge is 0.349 e. The summed E-state index contributed by atoms with van der Waals surface area (Å²) in [5.74, 6) is -1.16. The lowest BCUT2D eigenvalue weighted by molar-refractivity contribution is -0.128. The van der Waals surface area contributed by atoms with Crippen LogP contribution in [0.3, 0.4) is 0 Å². The second-order valence-corrected chi connectivity index (χ2v) is 7.17. The molecule has 3 rings (SSSR count). The number of hydrogen-bond acceptors (Lipinski definition) is 5. The zero-order valence-electron chi connectivity index (χ0n) is 15.3. The molecular formula is C19H20FN3O3S. The van der Waals surface area contributed by atoms with Crippen LogP contribution in [0.1, 0.15) is 34.8 Å². The van der Waals surface area contributed by atoms with E-state index in [-0.39, 0.29) is 11.7 Å². The Morgan fingerprint density at radius 2 is 2.04 bits per heavy atom. The third-order valence-electron chi connectivity index (χ3n) is 4.06. The minimum atomic E-state index is -0.862. The molecule has 1 N–H and O–H groups in total. The van der Waals surface area contributed by atoms with Gasteiger partial charge in [-0.2, -0.15) is 5.10 Å². The summed E-state index contributed by atoms with van der Waals surface area (Å²) in [7, 11) is 0. The van der Waals surface area contributed by atoms with Gasteiger partial charge in [-0.25, -0.2) is 9.18 Å². The van der Waals surface area contributed by atoms with Crippen LogP contribution >= 0.6 is 11.3 Å². The Bertz CT molecular complexity index is 978. The SMILES string of the molecule is CCNC(=O)[C@H](C)OC(=O)c1cc2c(C)nn(Cc3ccc(F)cc3)c2s1. The molecule has 1 aromatic carbocycles. The number of nitrogens with one attached hydrogen (secondary N) is 1. The van der Waals surface area contributed by atoms with Gasteiger partial charge in [0.25, 0.3) is 5.91 Å². The van der Waals surface area contributed by atoms with Crippen molar-refractivity contribution in [2.45, 2.75) is 33.4 Å². The van der Waals surface area contributed by atoms with Crippen molar-refractivity contribution in [2.75, 3.05) is 6.54 Å². The zero-order valence-corrected chi connectivity index (χ0v) is 16.1. The van der Waals surface area contributed by atoms with Crippen molar-refractivity contribution in [3.8, 4) is 0 Å². The Hall–Kier alpha value is -2.74. The fourth-order valence-corrected chi connectivity index (χ4v) is 3.72. The van der Waals surface area contributed by atoms with Gasteiger partial charge in [-0.3, -0.25) is 9.48 Å². The quantitative estimate of drug-likeness (QED) is 0.657. The lowest BCUT2D eigenvalue weighted by atomic mass is 10.2. The number of carbonyl (C=O) groups is 2. The molecule has 0 aliphatic carbocycles. The van der Waals surface area contributed by atoms with Crippen molar-refractivity contribution in [3.63, 3.8) is 0 Å². The first-order valence-corrected chi connectivity index (χ1v) is 9.40. The number of ether oxygens (including phenoxy) is 1. The molecule has 1 amide bonds. The van der Waals surface area contributed by atoms with Gasteiger partial charge in [0.15, 0.2) is 6.10 Å². The van der Waals surface area contributed by atoms with Crippen LogP contribution in [-0.2, 0) is 16.1 Å². The number of aryl methyl sites for hydroxylation is 1. The molecule has 2 heterocycles. The average Bonchev–Trinajstić information content (AvgIpc) is 3.19. The van der Waals surface area contributed by atoms with Crippen LogP contribution in [0.15, 0.2) is 30.3 Å². The van der Waals surface area contributed by atoms with Gasteiger partial charge in [-0.05, 0) is 44.5 Å². The van der Waals surface area contributed by atoms with E-state index in [0.717, 1.165) is 21.5 Å². The number of hydrogen-bond donors (Lipinski definition) is 1. The average molecular weight is 389 g/mol. The summed E-state index contributed by atoms with van der Waals surface area (Å²) in [6, 6.07) is 7.95. The number of aromatic nitrogens is 2. The van der Waals surface area contributed by atoms with Crippen LogP contribution in [-0.4, -0.2) is 34.3 Å². The fourth-order valence-electron chi connectivity index (χ4n) is 2.67. The van der Waals surface area contributed by atoms with E-state index in [9.17, 15) is 14.0 Å². The monoisotopic (exact) mass is 389 g/mol. The highest BCUT2D eigenvalue weighted by atomic mass is 32.1. The number of carbonyl (C=O) groups excluding carboxylic acids is 2. The Balaban J connectivity index is 1.81. The minimum absolute atomic E-state index is 0.289. The number of nitrogens with zero attached hydrogens (tertiary/aromatic N) is 2. The number of halogens is 1. The molecule has 6 nitrogen and oxygen atoms in total. The zero-order chi connectivity index (χ0) is 19.6. The fraction of sp³-hybridized carbons (Fsp3) is 0.316. The molecule has 0 saturated heterocycles. The predicted molar refractivity (Wildman–Crippen MR) is 101 cm³/mol. The third kappa shape index (κ3) is 4.16. The van der Waals surface area contributed by atoms with Crippen molar-refractivity contribution < 1.29 is 18.7 Å². The Labute approximate surface area is 159 Å². The highest BCUT2D eigenvalue weighted by Crippen LogP contribution is 2.29. The van der Waals surface area contributed by atoms with Crippen LogP contribution < -0.4 is 5.32 Å². The normalized spacial score (nSPS) is 12.1. The van der Waals surface area contributed by atoms with Crippen LogP contribution in [0.2, 0.25) is 0 Å². The summed E-state index contributed by atoms with van der Waals surface area (Å²) in [6.45, 7) is 6.14. The molecule has 0 aliphatic rings. The van der Waals surface area contributed by atoms with Crippen molar-refractivity contribution >= 4 is 33.4 Å². The number of thiophene rings is 1. The maximum atomic E-state index is 13.1. The number of likely N-dealkylation sites (N-methyl/N-ethyl adjacent to an activating group) is 1. The van der Waals surface area contributed by atoms with E-state index in [1.807, 2.05) is 6.92 Å². The van der Waals surface area contributed by atoms with Crippen molar-refractivity contribution in [1.82, 2.24) is 15.1 Å². The van der Waals surface area contributed by atoms with Gasteiger partial charge in [0.05, 0.1) is 12.2 Å². The van der Waals surface area contributed by atoms with Gasteiger partial charge in [-0.15, -0.1) is 11.3 Å². The van der Waals surface area contributed by atoms with E-state index in [2.05, 4.69) is 10.4 Å². The summed E-state index contributed by atoms with van der Waals surface area (Å²) in [6.07, 6.45) is -0.862. The van der Waals surface area contributed by atoms with Crippen LogP contribution in [0, 0.1) is 12.7 Å². The van der Waals surface area contributed by atoms with Crippen LogP contribution in [0.5, 0.6) is 0 Å². The molecule has 0 fully saturated rings. The number of benzene rings is 1. The van der Waals surface area contributed by atoms with Crippen LogP contribution in [0.4, 0.5) is 4.39 Å². The number of esters is 1. The maximum absolute atomic E-state index is 13.1. The van der Waals surface area contributed by atoms with Crippen molar-refractivity contribution in [3.05, 3.63) is 52.3 Å². The lowest BCUT2D eigenvalue weighted by Gasteiger charge is -2.11. The molecule has 8 heteroatoms. The van der Waals surface area contributed by atoms with Crippen molar-refractivity contribution in [1.29, 1.82) is 0 Å². The summed E-state index contributed by atoms with van der Waals surface area (Å²) >= 11 is 1.26. The van der Waals surface area contributed by atoms with E-state index in [1.165, 1.54) is 30.4 Å². The first-order valence-electron chi connectivity index (χ1n) is 8.59. The molecule has 142 valence electrons. The first-order chi connectivity index (χ1) is 12.9. The molecule has 2 aromatic heterocycles. The molecule has 0 bridgehead atoms. The largest absolute Gasteiger partial charge is 0.448 e. The number of fused-ring (bicyclic) bond motifs is 1. The second kappa shape index (κ2) is 7.87. The number of rotatable bonds is 6. The standard InChI is InChI=1S/C19H20FN3O3S/c1-4-21-17(24)12(3)26-19(25)16-9-15-11(2)22-23(18(15)27-16)10-13-5-7-14(20)8-6-13/h5-9,12H,4,10H2,1-3H3,(H,21,24)/t12-/m0/s1. The van der Waals surface area contributed by atoms with E-state index in [0.29, 0.717) is 18.0 Å². The van der Waals surface area contributed by atoms with E-state index in [1.54, 1.807) is 29.8 Å². The molecule has 3 aromatic rings. The van der Waals surface area contributed by atoms with Crippen molar-refractivity contribution in [2.24, 2.45) is 0 Å². The van der Waals surface area contributed by atoms with Gasteiger partial charge in [0.1, 0.15) is 15.5 Å². The lowest BCUT2D eigenvalue weighted by Crippen LogP contribution is -2.35. The highest BCUT2D eigenvalue weighted by Gasteiger charge is 2.22. The minimum Gasteiger partial charge on any atom is -0.448 e. The third-order valence-corrected chi connectivity index (χ3v) is 5.19. The summed E-state index contributed by atoms with van der Waals surface area (Å²) in [4.78, 5) is 25.4. The summed E-state index contributed by atoms with van der Waals surface area (Å²) in [5, 5.41) is 7.98. The van der Waals surface area contributed by atoms with E-state index in [4.69, 9.17) is 4.74 Å². The topological polar surface area (TPSA) is 73.2 Å². The molecule has 0 unspecified atom stereocenters. The van der Waals surface area contributed by atoms with E-state index >= 15 is 0 Å². The number of amides is 1. The second-order valence-electron chi connectivity index (χ2n) is 6.14. The molecule has 1 atom stereocenters. The summed E-state index contributed by atoms with van der Waals surface area (Å²) < 4.78 is 20.1. The molecule has 0 saturated carbocycles. The van der Waals surface area contributed by atoms with Gasteiger partial charge in [0, 0.05) is 11.9 Å². The molecule has 0 radical (unpaired) electrons. The predicted octanol–water partition coefficient (Wildman–Crippen LogP) is 3.28. The Kier molecular flexibility index (Phi) is 5.55. The molecular weight excluding hydrogens is 369 g/mol. The van der Waals surface area contributed by atoms with Crippen LogP contribution in [0.25, 0.3) is 10.2 Å². The van der Waals surface area contributed by atoms with Gasteiger partial charge in [0.2, 0.25) is 0 Å². The molecule has 27 heavy (non-hydrogen) atoms. The van der Waals surface area contributed by atoms with Gasteiger partial charge in [-0.1, -0.05) is 12.1 Å². The summed E-state index contributed by atoms with van der Waals surface area (Å²) in [5.41, 5.74) is 1.70. The highest BCUT2D eigenvalue weighted by molar-refractivity contribution is 7.20. The first kappa shape index (κ1) is 19.0. The maximum Gasteiger partial charge on any atom is 0.349 e. The molecule has 0 aliphatic heterocycles. The Morgan fingerprint density at radius 3 is 2.70 bits per heavy atom. The molecule has 0 spiro atoms. The van der Waals surface area contributed by atoms with Gasteiger partial charge >= 0.3 is 5.97 Å². The van der Waals surface area contributed by atoms with Gasteiger partial charge < -0.3 is 10.1 Å². The van der Waals surface area contributed by atoms with E-state index < -0.39 is 12.1 Å². The Morgan fingerprint density at radius 1 is 1.33 bits per heavy atom.